The molecule has 2 atom stereocenters. The highest BCUT2D eigenvalue weighted by molar-refractivity contribution is 5.84. The highest BCUT2D eigenvalue weighted by atomic mass is 16.2. The van der Waals surface area contributed by atoms with E-state index in [1.54, 1.807) is 6.92 Å². The molecule has 1 aliphatic carbocycles. The smallest absolute Gasteiger partial charge is 0.225 e. The number of ketones is 1. The van der Waals surface area contributed by atoms with Gasteiger partial charge >= 0.3 is 0 Å². The van der Waals surface area contributed by atoms with E-state index in [1.165, 1.54) is 0 Å². The van der Waals surface area contributed by atoms with E-state index >= 15 is 0 Å². The molecule has 17 heavy (non-hydrogen) atoms. The van der Waals surface area contributed by atoms with E-state index in [2.05, 4.69) is 5.32 Å². The van der Waals surface area contributed by atoms with Gasteiger partial charge in [-0.2, -0.15) is 0 Å². The minimum absolute atomic E-state index is 0.226. The molecule has 0 bridgehead atoms. The van der Waals surface area contributed by atoms with Crippen LogP contribution >= 0.6 is 0 Å². The average Bonchev–Trinajstić information content (AvgIpc) is 2.86. The van der Waals surface area contributed by atoms with Crippen LogP contribution in [0.2, 0.25) is 0 Å². The Hall–Kier alpha value is -0.900. The lowest BCUT2D eigenvalue weighted by atomic mass is 9.96. The fourth-order valence-corrected chi connectivity index (χ4v) is 3.64. The van der Waals surface area contributed by atoms with Gasteiger partial charge in [-0.05, 0) is 44.7 Å². The first-order valence-corrected chi connectivity index (χ1v) is 6.68. The van der Waals surface area contributed by atoms with Crippen LogP contribution in [0.4, 0.5) is 0 Å². The maximum atomic E-state index is 12.3. The number of nitrogens with one attached hydrogen (secondary N) is 1. The number of rotatable bonds is 2. The summed E-state index contributed by atoms with van der Waals surface area (Å²) < 4.78 is 0. The van der Waals surface area contributed by atoms with E-state index in [4.69, 9.17) is 0 Å². The first-order valence-electron chi connectivity index (χ1n) is 6.68. The summed E-state index contributed by atoms with van der Waals surface area (Å²) in [6.07, 6.45) is 1.95. The van der Waals surface area contributed by atoms with Crippen molar-refractivity contribution in [2.75, 3.05) is 26.2 Å². The van der Waals surface area contributed by atoms with Crippen LogP contribution in [-0.4, -0.2) is 42.8 Å². The highest BCUT2D eigenvalue weighted by Crippen LogP contribution is 2.52. The number of likely N-dealkylation sites (tertiary alicyclic amines) is 1. The quantitative estimate of drug-likeness (QED) is 0.749. The van der Waals surface area contributed by atoms with Crippen LogP contribution in [-0.2, 0) is 9.59 Å². The molecule has 2 saturated heterocycles. The zero-order valence-corrected chi connectivity index (χ0v) is 10.3. The molecule has 3 fully saturated rings. The van der Waals surface area contributed by atoms with Crippen molar-refractivity contribution in [1.29, 1.82) is 0 Å². The molecule has 2 heterocycles. The van der Waals surface area contributed by atoms with Gasteiger partial charge in [0.25, 0.3) is 0 Å². The van der Waals surface area contributed by atoms with Crippen LogP contribution in [0.3, 0.4) is 0 Å². The van der Waals surface area contributed by atoms with Gasteiger partial charge in [0, 0.05) is 24.9 Å². The Morgan fingerprint density at radius 2 is 1.71 bits per heavy atom. The topological polar surface area (TPSA) is 49.4 Å². The predicted molar refractivity (Wildman–Crippen MR) is 63.3 cm³/mol. The van der Waals surface area contributed by atoms with Crippen molar-refractivity contribution in [2.24, 2.45) is 23.7 Å². The van der Waals surface area contributed by atoms with Crippen molar-refractivity contribution in [2.45, 2.75) is 19.8 Å². The van der Waals surface area contributed by atoms with E-state index in [-0.39, 0.29) is 11.8 Å². The predicted octanol–water partition coefficient (Wildman–Crippen LogP) is 0.279. The van der Waals surface area contributed by atoms with Crippen LogP contribution < -0.4 is 5.32 Å². The van der Waals surface area contributed by atoms with Crippen molar-refractivity contribution in [3.63, 3.8) is 0 Å². The second-order valence-corrected chi connectivity index (χ2v) is 5.73. The van der Waals surface area contributed by atoms with E-state index in [0.29, 0.717) is 23.5 Å². The zero-order valence-electron chi connectivity index (χ0n) is 10.3. The van der Waals surface area contributed by atoms with Crippen LogP contribution in [0.5, 0.6) is 0 Å². The fraction of sp³-hybridized carbons (Fsp3) is 0.846. The molecular formula is C13H20N2O2. The van der Waals surface area contributed by atoms with E-state index in [1.807, 2.05) is 4.90 Å². The number of hydrogen-bond acceptors (Lipinski definition) is 3. The molecule has 0 radical (unpaired) electrons. The Balaban J connectivity index is 1.55. The highest BCUT2D eigenvalue weighted by Gasteiger charge is 2.58. The molecule has 1 N–H and O–H groups in total. The van der Waals surface area contributed by atoms with Crippen molar-refractivity contribution < 1.29 is 9.59 Å². The molecule has 0 spiro atoms. The lowest BCUT2D eigenvalue weighted by Crippen LogP contribution is -2.41. The first-order chi connectivity index (χ1) is 8.18. The second kappa shape index (κ2) is 4.09. The summed E-state index contributed by atoms with van der Waals surface area (Å²) in [6.45, 7) is 5.28. The van der Waals surface area contributed by atoms with Gasteiger partial charge in [0.1, 0.15) is 5.78 Å². The molecule has 4 nitrogen and oxygen atoms in total. The van der Waals surface area contributed by atoms with Crippen molar-refractivity contribution in [1.82, 2.24) is 10.2 Å². The standard InChI is InChI=1S/C13H20N2O2/c1-8(16)12-10-6-15(7-11(10)12)13(17)9-2-4-14-5-3-9/h9-12,14H,2-7H2,1H3. The van der Waals surface area contributed by atoms with Gasteiger partial charge < -0.3 is 10.2 Å². The zero-order chi connectivity index (χ0) is 12.0. The molecule has 0 aromatic rings. The monoisotopic (exact) mass is 236 g/mol. The number of fused-ring (bicyclic) bond motifs is 1. The molecule has 3 aliphatic rings. The van der Waals surface area contributed by atoms with E-state index in [0.717, 1.165) is 39.0 Å². The van der Waals surface area contributed by atoms with Crippen molar-refractivity contribution in [3.8, 4) is 0 Å². The van der Waals surface area contributed by atoms with Gasteiger partial charge in [-0.1, -0.05) is 0 Å². The maximum absolute atomic E-state index is 12.3. The Kier molecular flexibility index (Phi) is 2.69. The van der Waals surface area contributed by atoms with Crippen LogP contribution in [0, 0.1) is 23.7 Å². The van der Waals surface area contributed by atoms with Crippen LogP contribution in [0.25, 0.3) is 0 Å². The van der Waals surface area contributed by atoms with Gasteiger partial charge in [-0.15, -0.1) is 0 Å². The minimum Gasteiger partial charge on any atom is -0.342 e. The summed E-state index contributed by atoms with van der Waals surface area (Å²) in [5.74, 6) is 2.11. The summed E-state index contributed by atoms with van der Waals surface area (Å²) in [5, 5.41) is 3.28. The van der Waals surface area contributed by atoms with Crippen molar-refractivity contribution in [3.05, 3.63) is 0 Å². The normalized spacial score (nSPS) is 36.8. The number of carbonyl (C=O) groups excluding carboxylic acids is 2. The Bertz CT molecular complexity index is 337. The Labute approximate surface area is 102 Å². The van der Waals surface area contributed by atoms with Gasteiger partial charge in [0.15, 0.2) is 0 Å². The number of Topliss-reactive ketones (excluding diaryl/α,β-unsaturated/α-hetero) is 1. The molecule has 94 valence electrons. The lowest BCUT2D eigenvalue weighted by Gasteiger charge is -2.28. The van der Waals surface area contributed by atoms with Gasteiger partial charge in [0.05, 0.1) is 0 Å². The van der Waals surface area contributed by atoms with Gasteiger partial charge in [0.2, 0.25) is 5.91 Å². The molecule has 1 saturated carbocycles. The summed E-state index contributed by atoms with van der Waals surface area (Å²) in [5.41, 5.74) is 0. The third-order valence-electron chi connectivity index (χ3n) is 4.66. The number of carbonyl (C=O) groups is 2. The number of piperidine rings is 2. The maximum Gasteiger partial charge on any atom is 0.225 e. The van der Waals surface area contributed by atoms with Gasteiger partial charge in [-0.25, -0.2) is 0 Å². The summed E-state index contributed by atoms with van der Waals surface area (Å²) in [6, 6.07) is 0. The summed E-state index contributed by atoms with van der Waals surface area (Å²) in [7, 11) is 0. The van der Waals surface area contributed by atoms with Gasteiger partial charge in [-0.3, -0.25) is 9.59 Å². The number of amides is 1. The molecule has 2 aliphatic heterocycles. The SMILES string of the molecule is CC(=O)C1C2CN(C(=O)C3CCNCC3)CC21. The first kappa shape index (κ1) is 11.2. The second-order valence-electron chi connectivity index (χ2n) is 5.73. The molecule has 1 amide bonds. The summed E-state index contributed by atoms with van der Waals surface area (Å²) >= 11 is 0. The fourth-order valence-electron chi connectivity index (χ4n) is 3.64. The number of nitrogens with zero attached hydrogens (tertiary/aromatic N) is 1. The molecule has 0 aromatic heterocycles. The van der Waals surface area contributed by atoms with Crippen LogP contribution in [0.1, 0.15) is 19.8 Å². The average molecular weight is 236 g/mol. The Morgan fingerprint density at radius 1 is 1.12 bits per heavy atom. The summed E-state index contributed by atoms with van der Waals surface area (Å²) in [4.78, 5) is 25.5. The molecule has 3 rings (SSSR count). The molecular weight excluding hydrogens is 216 g/mol. The third-order valence-corrected chi connectivity index (χ3v) is 4.66. The molecule has 0 aromatic carbocycles. The van der Waals surface area contributed by atoms with E-state index in [9.17, 15) is 9.59 Å². The van der Waals surface area contributed by atoms with Crippen molar-refractivity contribution >= 4 is 11.7 Å². The molecule has 4 heteroatoms. The number of hydrogen-bond donors (Lipinski definition) is 1. The lowest BCUT2D eigenvalue weighted by molar-refractivity contribution is -0.136. The third kappa shape index (κ3) is 1.88. The largest absolute Gasteiger partial charge is 0.342 e. The Morgan fingerprint density at radius 3 is 2.24 bits per heavy atom. The van der Waals surface area contributed by atoms with Crippen LogP contribution in [0.15, 0.2) is 0 Å². The minimum atomic E-state index is 0.226. The van der Waals surface area contributed by atoms with E-state index < -0.39 is 0 Å². The molecule has 2 unspecified atom stereocenters.